The molecular formula is C18H24IN3O. The highest BCUT2D eigenvalue weighted by Crippen LogP contribution is 2.18. The molecule has 124 valence electrons. The molecule has 0 saturated heterocycles. The lowest BCUT2D eigenvalue weighted by atomic mass is 10.2. The number of nitriles is 1. The van der Waals surface area contributed by atoms with Crippen LogP contribution in [-0.2, 0) is 4.79 Å². The topological polar surface area (TPSA) is 56.1 Å². The summed E-state index contributed by atoms with van der Waals surface area (Å²) in [5.74, 6) is -0.352. The van der Waals surface area contributed by atoms with Crippen molar-refractivity contribution in [3.8, 4) is 6.07 Å². The van der Waals surface area contributed by atoms with E-state index in [2.05, 4.69) is 46.7 Å². The summed E-state index contributed by atoms with van der Waals surface area (Å²) in [6, 6.07) is 7.82. The maximum absolute atomic E-state index is 12.4. The van der Waals surface area contributed by atoms with Gasteiger partial charge in [0.25, 0.3) is 5.91 Å². The van der Waals surface area contributed by atoms with Crippen LogP contribution in [0.25, 0.3) is 0 Å². The van der Waals surface area contributed by atoms with Crippen molar-refractivity contribution in [1.82, 2.24) is 4.90 Å². The van der Waals surface area contributed by atoms with Gasteiger partial charge < -0.3 is 10.2 Å². The summed E-state index contributed by atoms with van der Waals surface area (Å²) in [5, 5.41) is 12.2. The van der Waals surface area contributed by atoms with Gasteiger partial charge in [-0.25, -0.2) is 0 Å². The van der Waals surface area contributed by atoms with Crippen molar-refractivity contribution < 1.29 is 4.79 Å². The quantitative estimate of drug-likeness (QED) is 0.380. The van der Waals surface area contributed by atoms with E-state index in [-0.39, 0.29) is 11.5 Å². The maximum Gasteiger partial charge on any atom is 0.267 e. The van der Waals surface area contributed by atoms with Gasteiger partial charge in [-0.15, -0.1) is 0 Å². The summed E-state index contributed by atoms with van der Waals surface area (Å²) in [6.07, 6.45) is 4.81. The van der Waals surface area contributed by atoms with Gasteiger partial charge in [-0.05, 0) is 66.1 Å². The predicted molar refractivity (Wildman–Crippen MR) is 103 cm³/mol. The lowest BCUT2D eigenvalue weighted by Gasteiger charge is -2.20. The van der Waals surface area contributed by atoms with Crippen molar-refractivity contribution in [2.75, 3.05) is 18.4 Å². The van der Waals surface area contributed by atoms with E-state index in [4.69, 9.17) is 0 Å². The molecule has 0 fully saturated rings. The lowest BCUT2D eigenvalue weighted by molar-refractivity contribution is -0.112. The minimum absolute atomic E-state index is 0.146. The fourth-order valence-corrected chi connectivity index (χ4v) is 2.81. The van der Waals surface area contributed by atoms with E-state index in [0.717, 1.165) is 47.2 Å². The molecule has 0 atom stereocenters. The third kappa shape index (κ3) is 6.61. The summed E-state index contributed by atoms with van der Waals surface area (Å²) in [5.41, 5.74) is 1.87. The molecule has 1 rings (SSSR count). The molecule has 0 aliphatic rings. The summed E-state index contributed by atoms with van der Waals surface area (Å²) < 4.78 is 1.11. The first-order chi connectivity index (χ1) is 11.0. The zero-order chi connectivity index (χ0) is 17.2. The molecule has 1 N–H and O–H groups in total. The zero-order valence-corrected chi connectivity index (χ0v) is 16.2. The van der Waals surface area contributed by atoms with Crippen LogP contribution in [0.1, 0.15) is 38.7 Å². The number of carbonyl (C=O) groups is 1. The molecule has 4 nitrogen and oxygen atoms in total. The van der Waals surface area contributed by atoms with E-state index < -0.39 is 0 Å². The SMILES string of the molecule is CCCCN(/C=C(/C#N)C(=O)Nc1ccc(I)cc1C)CCC. The number of hydrogen-bond donors (Lipinski definition) is 1. The molecule has 1 amide bonds. The van der Waals surface area contributed by atoms with Crippen molar-refractivity contribution in [1.29, 1.82) is 5.26 Å². The van der Waals surface area contributed by atoms with Crippen molar-refractivity contribution in [3.05, 3.63) is 39.1 Å². The minimum atomic E-state index is -0.352. The van der Waals surface area contributed by atoms with Crippen molar-refractivity contribution >= 4 is 34.2 Å². The molecule has 0 aliphatic carbocycles. The number of aryl methyl sites for hydroxylation is 1. The standard InChI is InChI=1S/C18H24IN3O/c1-4-6-10-22(9-5-2)13-15(12-20)18(23)21-17-8-7-16(19)11-14(17)3/h7-8,11,13H,4-6,9-10H2,1-3H3,(H,21,23)/b15-13-. The van der Waals surface area contributed by atoms with Crippen LogP contribution in [0.5, 0.6) is 0 Å². The van der Waals surface area contributed by atoms with Crippen molar-refractivity contribution in [3.63, 3.8) is 0 Å². The van der Waals surface area contributed by atoms with Gasteiger partial charge in [0.15, 0.2) is 0 Å². The normalized spacial score (nSPS) is 11.0. The van der Waals surface area contributed by atoms with Gasteiger partial charge in [0.2, 0.25) is 0 Å². The number of unbranched alkanes of at least 4 members (excludes halogenated alkanes) is 1. The highest BCUT2D eigenvalue weighted by molar-refractivity contribution is 14.1. The van der Waals surface area contributed by atoms with E-state index in [0.29, 0.717) is 0 Å². The van der Waals surface area contributed by atoms with Crippen molar-refractivity contribution in [2.45, 2.75) is 40.0 Å². The van der Waals surface area contributed by atoms with Crippen LogP contribution < -0.4 is 5.32 Å². The van der Waals surface area contributed by atoms with Crippen LogP contribution in [-0.4, -0.2) is 23.9 Å². The number of amides is 1. The third-order valence-electron chi connectivity index (χ3n) is 3.42. The summed E-state index contributed by atoms with van der Waals surface area (Å²) >= 11 is 2.23. The first-order valence-corrected chi connectivity index (χ1v) is 9.03. The van der Waals surface area contributed by atoms with Crippen LogP contribution in [0, 0.1) is 21.8 Å². The molecule has 0 saturated carbocycles. The van der Waals surface area contributed by atoms with Crippen molar-refractivity contribution in [2.24, 2.45) is 0 Å². The van der Waals surface area contributed by atoms with E-state index >= 15 is 0 Å². The number of nitrogens with one attached hydrogen (secondary N) is 1. The number of anilines is 1. The highest BCUT2D eigenvalue weighted by Gasteiger charge is 2.12. The zero-order valence-electron chi connectivity index (χ0n) is 14.0. The summed E-state index contributed by atoms with van der Waals surface area (Å²) in [4.78, 5) is 14.4. The predicted octanol–water partition coefficient (Wildman–Crippen LogP) is 4.46. The smallest absolute Gasteiger partial charge is 0.267 e. The molecule has 5 heteroatoms. The van der Waals surface area contributed by atoms with E-state index in [1.54, 1.807) is 6.20 Å². The molecule has 1 aromatic carbocycles. The van der Waals surface area contributed by atoms with Crippen LogP contribution in [0.4, 0.5) is 5.69 Å². The molecular weight excluding hydrogens is 401 g/mol. The van der Waals surface area contributed by atoms with Gasteiger partial charge in [0, 0.05) is 28.5 Å². The van der Waals surface area contributed by atoms with E-state index in [9.17, 15) is 10.1 Å². The van der Waals surface area contributed by atoms with Crippen LogP contribution in [0.3, 0.4) is 0 Å². The number of rotatable bonds is 8. The lowest BCUT2D eigenvalue weighted by Crippen LogP contribution is -2.23. The molecule has 1 aromatic rings. The molecule has 0 bridgehead atoms. The van der Waals surface area contributed by atoms with Crippen LogP contribution >= 0.6 is 22.6 Å². The summed E-state index contributed by atoms with van der Waals surface area (Å²) in [6.45, 7) is 7.88. The molecule has 0 radical (unpaired) electrons. The van der Waals surface area contributed by atoms with Gasteiger partial charge in [0.05, 0.1) is 0 Å². The van der Waals surface area contributed by atoms with Gasteiger partial charge in [0.1, 0.15) is 11.6 Å². The first-order valence-electron chi connectivity index (χ1n) is 7.95. The second-order valence-electron chi connectivity index (χ2n) is 5.46. The number of halogens is 1. The van der Waals surface area contributed by atoms with Crippen LogP contribution in [0.2, 0.25) is 0 Å². The van der Waals surface area contributed by atoms with Gasteiger partial charge in [-0.1, -0.05) is 20.3 Å². The Morgan fingerprint density at radius 1 is 1.35 bits per heavy atom. The van der Waals surface area contributed by atoms with Gasteiger partial charge >= 0.3 is 0 Å². The molecule has 0 unspecified atom stereocenters. The minimum Gasteiger partial charge on any atom is -0.376 e. The fourth-order valence-electron chi connectivity index (χ4n) is 2.17. The van der Waals surface area contributed by atoms with E-state index in [1.807, 2.05) is 31.2 Å². The van der Waals surface area contributed by atoms with Gasteiger partial charge in [-0.3, -0.25) is 4.79 Å². The van der Waals surface area contributed by atoms with E-state index in [1.165, 1.54) is 0 Å². The number of carbonyl (C=O) groups excluding carboxylic acids is 1. The summed E-state index contributed by atoms with van der Waals surface area (Å²) in [7, 11) is 0. The Morgan fingerprint density at radius 2 is 2.09 bits per heavy atom. The fraction of sp³-hybridized carbons (Fsp3) is 0.444. The average molecular weight is 425 g/mol. The maximum atomic E-state index is 12.4. The molecule has 0 aromatic heterocycles. The number of benzene rings is 1. The Morgan fingerprint density at radius 3 is 2.65 bits per heavy atom. The third-order valence-corrected chi connectivity index (χ3v) is 4.09. The molecule has 0 spiro atoms. The number of nitrogens with zero attached hydrogens (tertiary/aromatic N) is 2. The van der Waals surface area contributed by atoms with Gasteiger partial charge in [-0.2, -0.15) is 5.26 Å². The first kappa shape index (κ1) is 19.5. The molecule has 23 heavy (non-hydrogen) atoms. The molecule has 0 aliphatic heterocycles. The Labute approximate surface area is 152 Å². The Balaban J connectivity index is 2.87. The second kappa shape index (κ2) is 10.3. The Hall–Kier alpha value is -1.55. The van der Waals surface area contributed by atoms with Crippen LogP contribution in [0.15, 0.2) is 30.0 Å². The Kier molecular flexibility index (Phi) is 8.70. The monoisotopic (exact) mass is 425 g/mol. The number of hydrogen-bond acceptors (Lipinski definition) is 3. The highest BCUT2D eigenvalue weighted by atomic mass is 127. The second-order valence-corrected chi connectivity index (χ2v) is 6.70. The largest absolute Gasteiger partial charge is 0.376 e. The average Bonchev–Trinajstić information content (AvgIpc) is 2.52. The molecule has 0 heterocycles. The Bertz CT molecular complexity index is 605.